The number of nitrogens with zero attached hydrogens (tertiary/aromatic N) is 2. The topological polar surface area (TPSA) is 140 Å². The van der Waals surface area contributed by atoms with Crippen molar-refractivity contribution in [2.75, 3.05) is 43.7 Å². The molecule has 0 amide bonds. The third kappa shape index (κ3) is 10.6. The Morgan fingerprint density at radius 3 is 2.09 bits per heavy atom. The van der Waals surface area contributed by atoms with Crippen LogP contribution >= 0.6 is 12.4 Å². The molecule has 0 atom stereocenters. The van der Waals surface area contributed by atoms with Crippen LogP contribution in [0.15, 0.2) is 47.5 Å². The fourth-order valence-electron chi connectivity index (χ4n) is 2.83. The van der Waals surface area contributed by atoms with Crippen molar-refractivity contribution in [2.45, 2.75) is 6.92 Å². The molecule has 13 heteroatoms. The normalized spacial score (nSPS) is 11.9. The Morgan fingerprint density at radius 2 is 1.59 bits per heavy atom. The predicted octanol–water partition coefficient (Wildman–Crippen LogP) is 2.62. The zero-order chi connectivity index (χ0) is 24.6. The molecule has 0 unspecified atom stereocenters. The summed E-state index contributed by atoms with van der Waals surface area (Å²) in [7, 11) is -7.22. The van der Waals surface area contributed by atoms with Crippen LogP contribution in [0.4, 0.5) is 11.4 Å². The number of aliphatic imine (C=N–C) groups is 1. The molecule has 0 aliphatic carbocycles. The van der Waals surface area contributed by atoms with Gasteiger partial charge < -0.3 is 10.0 Å². The van der Waals surface area contributed by atoms with Gasteiger partial charge in [0.25, 0.3) is 20.2 Å². The van der Waals surface area contributed by atoms with E-state index in [1.807, 2.05) is 13.0 Å². The Kier molecular flexibility index (Phi) is 11.1. The molecular weight excluding hydrogens is 508 g/mol. The first-order valence-electron chi connectivity index (χ1n) is 9.76. The SMILES string of the molecule is Cc1cc(N(CCOS(C)(=O)=O)CCOS(C)(=O)=O)ccc1C=Nc1cccc(C(=O)O)c1.Cl. The van der Waals surface area contributed by atoms with Gasteiger partial charge in [-0.3, -0.25) is 13.4 Å². The molecule has 34 heavy (non-hydrogen) atoms. The van der Waals surface area contributed by atoms with E-state index in [1.165, 1.54) is 12.1 Å². The molecule has 2 rings (SSSR count). The van der Waals surface area contributed by atoms with Crippen LogP contribution in [0.5, 0.6) is 0 Å². The maximum absolute atomic E-state index is 11.2. The van der Waals surface area contributed by atoms with Crippen molar-refractivity contribution in [2.24, 2.45) is 4.99 Å². The lowest BCUT2D eigenvalue weighted by molar-refractivity contribution is 0.0697. The second-order valence-electron chi connectivity index (χ2n) is 7.19. The molecule has 188 valence electrons. The Balaban J connectivity index is 0.00000578. The van der Waals surface area contributed by atoms with Gasteiger partial charge in [-0.1, -0.05) is 12.1 Å². The lowest BCUT2D eigenvalue weighted by Gasteiger charge is -2.25. The number of hydrogen-bond donors (Lipinski definition) is 1. The van der Waals surface area contributed by atoms with E-state index >= 15 is 0 Å². The van der Waals surface area contributed by atoms with E-state index in [0.29, 0.717) is 11.4 Å². The minimum absolute atomic E-state index is 0. The highest BCUT2D eigenvalue weighted by atomic mass is 35.5. The van der Waals surface area contributed by atoms with Gasteiger partial charge in [0.15, 0.2) is 0 Å². The number of carbonyl (C=O) groups is 1. The van der Waals surface area contributed by atoms with Crippen LogP contribution in [0.25, 0.3) is 0 Å². The van der Waals surface area contributed by atoms with Crippen molar-refractivity contribution >= 4 is 56.2 Å². The molecular formula is C21H27ClN2O8S2. The molecule has 0 heterocycles. The fourth-order valence-corrected chi connectivity index (χ4v) is 3.59. The van der Waals surface area contributed by atoms with E-state index in [0.717, 1.165) is 23.6 Å². The third-order valence-electron chi connectivity index (χ3n) is 4.38. The summed E-state index contributed by atoms with van der Waals surface area (Å²) in [6, 6.07) is 11.7. The highest BCUT2D eigenvalue weighted by molar-refractivity contribution is 7.86. The molecule has 0 aromatic heterocycles. The molecule has 0 radical (unpaired) electrons. The molecule has 0 aliphatic heterocycles. The van der Waals surface area contributed by atoms with Gasteiger partial charge in [0.05, 0.1) is 37.0 Å². The number of benzene rings is 2. The van der Waals surface area contributed by atoms with Crippen LogP contribution in [0.3, 0.4) is 0 Å². The van der Waals surface area contributed by atoms with Crippen molar-refractivity contribution < 1.29 is 35.1 Å². The van der Waals surface area contributed by atoms with Gasteiger partial charge in [-0.2, -0.15) is 16.8 Å². The second-order valence-corrected chi connectivity index (χ2v) is 10.5. The van der Waals surface area contributed by atoms with Crippen molar-refractivity contribution in [3.63, 3.8) is 0 Å². The van der Waals surface area contributed by atoms with Gasteiger partial charge in [-0.15, -0.1) is 12.4 Å². The van der Waals surface area contributed by atoms with Crippen molar-refractivity contribution in [1.82, 2.24) is 0 Å². The summed E-state index contributed by atoms with van der Waals surface area (Å²) >= 11 is 0. The summed E-state index contributed by atoms with van der Waals surface area (Å²) in [5.74, 6) is -1.03. The molecule has 1 N–H and O–H groups in total. The van der Waals surface area contributed by atoms with E-state index in [9.17, 15) is 21.6 Å². The van der Waals surface area contributed by atoms with Crippen LogP contribution in [0.2, 0.25) is 0 Å². The first-order valence-corrected chi connectivity index (χ1v) is 13.4. The summed E-state index contributed by atoms with van der Waals surface area (Å²) in [6.07, 6.45) is 3.52. The molecule has 2 aromatic rings. The molecule has 0 saturated carbocycles. The Labute approximate surface area is 205 Å². The summed E-state index contributed by atoms with van der Waals surface area (Å²) in [4.78, 5) is 17.2. The van der Waals surface area contributed by atoms with E-state index in [4.69, 9.17) is 13.5 Å². The van der Waals surface area contributed by atoms with Crippen molar-refractivity contribution in [3.05, 3.63) is 59.2 Å². The molecule has 2 aromatic carbocycles. The fraction of sp³-hybridized carbons (Fsp3) is 0.333. The maximum Gasteiger partial charge on any atom is 0.335 e. The van der Waals surface area contributed by atoms with Gasteiger partial charge in [0, 0.05) is 25.0 Å². The number of aryl methyl sites for hydroxylation is 1. The number of rotatable bonds is 12. The highest BCUT2D eigenvalue weighted by Gasteiger charge is 2.12. The zero-order valence-electron chi connectivity index (χ0n) is 18.9. The average Bonchev–Trinajstić information content (AvgIpc) is 2.70. The van der Waals surface area contributed by atoms with Crippen molar-refractivity contribution in [3.8, 4) is 0 Å². The Hall–Kier alpha value is -2.51. The van der Waals surface area contributed by atoms with Gasteiger partial charge in [-0.05, 0) is 48.4 Å². The minimum Gasteiger partial charge on any atom is -0.478 e. The standard InChI is InChI=1S/C21H26N2O8S2.ClH/c1-16-13-20(23(9-11-30-32(2,26)27)10-12-31-33(3,28)29)8-7-18(16)15-22-19-6-4-5-17(14-19)21(24)25;/h4-8,13-15H,9-12H2,1-3H3,(H,24,25);1H. The number of anilines is 1. The first kappa shape index (κ1) is 29.5. The predicted molar refractivity (Wildman–Crippen MR) is 133 cm³/mol. The zero-order valence-corrected chi connectivity index (χ0v) is 21.3. The van der Waals surface area contributed by atoms with Gasteiger partial charge in [0.2, 0.25) is 0 Å². The van der Waals surface area contributed by atoms with Crippen LogP contribution in [0.1, 0.15) is 21.5 Å². The van der Waals surface area contributed by atoms with Gasteiger partial charge >= 0.3 is 5.97 Å². The summed E-state index contributed by atoms with van der Waals surface area (Å²) < 4.78 is 54.6. The quantitative estimate of drug-likeness (QED) is 0.321. The third-order valence-corrected chi connectivity index (χ3v) is 5.57. The second kappa shape index (κ2) is 12.8. The number of aromatic carboxylic acids is 1. The molecule has 0 saturated heterocycles. The Morgan fingerprint density at radius 1 is 1.00 bits per heavy atom. The average molecular weight is 535 g/mol. The molecule has 10 nitrogen and oxygen atoms in total. The molecule has 0 aliphatic rings. The minimum atomic E-state index is -3.61. The number of carboxylic acids is 1. The molecule has 0 spiro atoms. The largest absolute Gasteiger partial charge is 0.478 e. The maximum atomic E-state index is 11.2. The smallest absolute Gasteiger partial charge is 0.335 e. The van der Waals surface area contributed by atoms with Crippen molar-refractivity contribution in [1.29, 1.82) is 0 Å². The lowest BCUT2D eigenvalue weighted by Crippen LogP contribution is -2.32. The highest BCUT2D eigenvalue weighted by Crippen LogP contribution is 2.20. The summed E-state index contributed by atoms with van der Waals surface area (Å²) in [5.41, 5.74) is 2.99. The van der Waals surface area contributed by atoms with Crippen LogP contribution in [-0.4, -0.2) is 72.9 Å². The molecule has 0 bridgehead atoms. The monoisotopic (exact) mass is 534 g/mol. The lowest BCUT2D eigenvalue weighted by atomic mass is 10.1. The van der Waals surface area contributed by atoms with Gasteiger partial charge in [0.1, 0.15) is 0 Å². The summed E-state index contributed by atoms with van der Waals surface area (Å²) in [5, 5.41) is 9.09. The van der Waals surface area contributed by atoms with Crippen LogP contribution < -0.4 is 4.90 Å². The van der Waals surface area contributed by atoms with E-state index in [2.05, 4.69) is 4.99 Å². The van der Waals surface area contributed by atoms with E-state index in [-0.39, 0.29) is 44.3 Å². The summed E-state index contributed by atoms with van der Waals surface area (Å²) in [6.45, 7) is 2.01. The van der Waals surface area contributed by atoms with Crippen LogP contribution in [0, 0.1) is 6.92 Å². The molecule has 0 fully saturated rings. The van der Waals surface area contributed by atoms with Crippen LogP contribution in [-0.2, 0) is 28.6 Å². The number of hydrogen-bond acceptors (Lipinski definition) is 9. The number of halogens is 1. The first-order chi connectivity index (χ1) is 15.3. The number of carboxylic acid groups (broad SMARTS) is 1. The van der Waals surface area contributed by atoms with E-state index in [1.54, 1.807) is 35.4 Å². The Bertz CT molecular complexity index is 1190. The van der Waals surface area contributed by atoms with Gasteiger partial charge in [-0.25, -0.2) is 4.79 Å². The van der Waals surface area contributed by atoms with E-state index < -0.39 is 26.2 Å².